The average molecular weight is 424 g/mol. The number of carbonyl (C=O) groups excluding carboxylic acids is 2. The summed E-state index contributed by atoms with van der Waals surface area (Å²) in [6, 6.07) is 10.1. The molecular weight excluding hydrogens is 390 g/mol. The second kappa shape index (κ2) is 8.85. The van der Waals surface area contributed by atoms with E-state index >= 15 is 0 Å². The molecule has 0 radical (unpaired) electrons. The summed E-state index contributed by atoms with van der Waals surface area (Å²) >= 11 is 0. The Morgan fingerprint density at radius 2 is 1.87 bits per heavy atom. The first kappa shape index (κ1) is 21.6. The van der Waals surface area contributed by atoms with Crippen LogP contribution in [-0.4, -0.2) is 54.0 Å². The fraction of sp³-hybridized carbons (Fsp3) is 0.560. The maximum atomic E-state index is 13.4. The van der Waals surface area contributed by atoms with E-state index in [9.17, 15) is 9.59 Å². The SMILES string of the molecule is Cc1ccc(-c2cc(C[C@@]3(C(=O)N(C)C)CCCN(C(=O)C4CCCC4)C3)on2)cc1. The highest BCUT2D eigenvalue weighted by Crippen LogP contribution is 2.38. The minimum atomic E-state index is -0.667. The number of nitrogens with zero attached hydrogens (tertiary/aromatic N) is 3. The van der Waals surface area contributed by atoms with Gasteiger partial charge in [0, 0.05) is 51.2 Å². The molecule has 1 aromatic carbocycles. The molecular formula is C25H33N3O3. The zero-order valence-electron chi connectivity index (χ0n) is 18.9. The van der Waals surface area contributed by atoms with Gasteiger partial charge in [-0.25, -0.2) is 0 Å². The summed E-state index contributed by atoms with van der Waals surface area (Å²) < 4.78 is 5.68. The van der Waals surface area contributed by atoms with E-state index in [0.717, 1.165) is 56.3 Å². The molecule has 2 heterocycles. The molecule has 6 nitrogen and oxygen atoms in total. The van der Waals surface area contributed by atoms with Crippen molar-refractivity contribution in [2.45, 2.75) is 51.9 Å². The van der Waals surface area contributed by atoms with Crippen molar-refractivity contribution in [2.75, 3.05) is 27.2 Å². The first-order valence-corrected chi connectivity index (χ1v) is 11.4. The molecule has 166 valence electrons. The molecule has 1 atom stereocenters. The van der Waals surface area contributed by atoms with Crippen LogP contribution in [0, 0.1) is 18.3 Å². The van der Waals surface area contributed by atoms with E-state index < -0.39 is 5.41 Å². The van der Waals surface area contributed by atoms with Gasteiger partial charge in [0.05, 0.1) is 5.41 Å². The zero-order valence-corrected chi connectivity index (χ0v) is 18.9. The quantitative estimate of drug-likeness (QED) is 0.727. The molecule has 0 unspecified atom stereocenters. The normalized spacial score (nSPS) is 22.0. The molecule has 0 bridgehead atoms. The number of aryl methyl sites for hydroxylation is 1. The third kappa shape index (κ3) is 4.53. The predicted octanol–water partition coefficient (Wildman–Crippen LogP) is 4.08. The second-order valence-electron chi connectivity index (χ2n) is 9.55. The summed E-state index contributed by atoms with van der Waals surface area (Å²) in [5.74, 6) is 1.11. The number of aromatic nitrogens is 1. The monoisotopic (exact) mass is 423 g/mol. The van der Waals surface area contributed by atoms with Crippen LogP contribution >= 0.6 is 0 Å². The summed E-state index contributed by atoms with van der Waals surface area (Å²) in [4.78, 5) is 30.1. The van der Waals surface area contributed by atoms with Crippen LogP contribution in [0.2, 0.25) is 0 Å². The fourth-order valence-corrected chi connectivity index (χ4v) is 5.21. The largest absolute Gasteiger partial charge is 0.361 e. The van der Waals surface area contributed by atoms with Crippen LogP contribution in [0.15, 0.2) is 34.9 Å². The number of carbonyl (C=O) groups is 2. The molecule has 2 aromatic rings. The topological polar surface area (TPSA) is 66.7 Å². The molecule has 2 amide bonds. The molecule has 6 heteroatoms. The summed E-state index contributed by atoms with van der Waals surface area (Å²) in [5.41, 5.74) is 2.30. The second-order valence-corrected chi connectivity index (χ2v) is 9.55. The van der Waals surface area contributed by atoms with Gasteiger partial charge in [0.25, 0.3) is 0 Å². The molecule has 0 N–H and O–H groups in total. The molecule has 1 aliphatic carbocycles. The summed E-state index contributed by atoms with van der Waals surface area (Å²) in [6.07, 6.45) is 6.25. The van der Waals surface area contributed by atoms with Crippen LogP contribution in [0.3, 0.4) is 0 Å². The van der Waals surface area contributed by atoms with Crippen molar-refractivity contribution in [2.24, 2.45) is 11.3 Å². The van der Waals surface area contributed by atoms with Crippen molar-refractivity contribution in [3.63, 3.8) is 0 Å². The maximum absolute atomic E-state index is 13.4. The van der Waals surface area contributed by atoms with Gasteiger partial charge in [-0.2, -0.15) is 0 Å². The van der Waals surface area contributed by atoms with E-state index in [1.165, 1.54) is 5.56 Å². The Labute approximate surface area is 184 Å². The predicted molar refractivity (Wildman–Crippen MR) is 119 cm³/mol. The molecule has 1 aliphatic heterocycles. The Hall–Kier alpha value is -2.63. The van der Waals surface area contributed by atoms with Crippen LogP contribution in [-0.2, 0) is 16.0 Å². The van der Waals surface area contributed by atoms with Gasteiger partial charge in [-0.3, -0.25) is 9.59 Å². The standard InChI is InChI=1S/C25H33N3O3/c1-18-9-11-19(12-10-18)22-15-21(31-26-22)16-25(24(30)27(2)3)13-6-14-28(17-25)23(29)20-7-4-5-8-20/h9-12,15,20H,4-8,13-14,16-17H2,1-3H3/t25-/m0/s1. The van der Waals surface area contributed by atoms with Crippen molar-refractivity contribution < 1.29 is 14.1 Å². The van der Waals surface area contributed by atoms with Crippen molar-refractivity contribution in [3.05, 3.63) is 41.7 Å². The van der Waals surface area contributed by atoms with E-state index in [1.807, 2.05) is 35.2 Å². The molecule has 1 saturated heterocycles. The van der Waals surface area contributed by atoms with Crippen molar-refractivity contribution in [1.82, 2.24) is 15.0 Å². The number of amides is 2. The number of rotatable bonds is 5. The number of benzene rings is 1. The van der Waals surface area contributed by atoms with Crippen LogP contribution in [0.5, 0.6) is 0 Å². The lowest BCUT2D eigenvalue weighted by Gasteiger charge is -2.43. The first-order chi connectivity index (χ1) is 14.9. The van der Waals surface area contributed by atoms with Crippen molar-refractivity contribution in [1.29, 1.82) is 0 Å². The zero-order chi connectivity index (χ0) is 22.0. The van der Waals surface area contributed by atoms with Crippen molar-refractivity contribution in [3.8, 4) is 11.3 Å². The lowest BCUT2D eigenvalue weighted by atomic mass is 9.74. The molecule has 1 saturated carbocycles. The third-order valence-electron chi connectivity index (χ3n) is 6.87. The Morgan fingerprint density at radius 3 is 2.55 bits per heavy atom. The number of hydrogen-bond donors (Lipinski definition) is 0. The molecule has 1 aromatic heterocycles. The lowest BCUT2D eigenvalue weighted by molar-refractivity contribution is -0.149. The molecule has 31 heavy (non-hydrogen) atoms. The molecule has 2 aliphatic rings. The first-order valence-electron chi connectivity index (χ1n) is 11.4. The van der Waals surface area contributed by atoms with E-state index in [4.69, 9.17) is 4.52 Å². The van der Waals surface area contributed by atoms with E-state index in [0.29, 0.717) is 18.7 Å². The van der Waals surface area contributed by atoms with Gasteiger partial charge in [0.2, 0.25) is 11.8 Å². The fourth-order valence-electron chi connectivity index (χ4n) is 5.21. The van der Waals surface area contributed by atoms with Gasteiger partial charge in [0.15, 0.2) is 0 Å². The maximum Gasteiger partial charge on any atom is 0.230 e. The number of likely N-dealkylation sites (tertiary alicyclic amines) is 1. The van der Waals surface area contributed by atoms with E-state index in [1.54, 1.807) is 19.0 Å². The Balaban J connectivity index is 1.57. The summed E-state index contributed by atoms with van der Waals surface area (Å²) in [5, 5.41) is 4.25. The highest BCUT2D eigenvalue weighted by Gasteiger charge is 2.46. The smallest absolute Gasteiger partial charge is 0.230 e. The van der Waals surface area contributed by atoms with Gasteiger partial charge in [-0.1, -0.05) is 47.8 Å². The van der Waals surface area contributed by atoms with Gasteiger partial charge >= 0.3 is 0 Å². The average Bonchev–Trinajstić information content (AvgIpc) is 3.46. The summed E-state index contributed by atoms with van der Waals surface area (Å²) in [6.45, 7) is 3.25. The molecule has 4 rings (SSSR count). The Bertz CT molecular complexity index is 928. The van der Waals surface area contributed by atoms with Gasteiger partial charge in [0.1, 0.15) is 11.5 Å². The minimum absolute atomic E-state index is 0.0599. The van der Waals surface area contributed by atoms with E-state index in [2.05, 4.69) is 12.1 Å². The lowest BCUT2D eigenvalue weighted by Crippen LogP contribution is -2.55. The highest BCUT2D eigenvalue weighted by molar-refractivity contribution is 5.85. The van der Waals surface area contributed by atoms with Crippen LogP contribution in [0.1, 0.15) is 49.8 Å². The van der Waals surface area contributed by atoms with Crippen LogP contribution in [0.25, 0.3) is 11.3 Å². The van der Waals surface area contributed by atoms with Crippen LogP contribution < -0.4 is 0 Å². The van der Waals surface area contributed by atoms with Gasteiger partial charge in [-0.05, 0) is 32.6 Å². The Kier molecular flexibility index (Phi) is 6.17. The number of piperidine rings is 1. The van der Waals surface area contributed by atoms with E-state index in [-0.39, 0.29) is 17.7 Å². The summed E-state index contributed by atoms with van der Waals surface area (Å²) in [7, 11) is 3.58. The minimum Gasteiger partial charge on any atom is -0.361 e. The van der Waals surface area contributed by atoms with Crippen LogP contribution in [0.4, 0.5) is 0 Å². The highest BCUT2D eigenvalue weighted by atomic mass is 16.5. The third-order valence-corrected chi connectivity index (χ3v) is 6.87. The van der Waals surface area contributed by atoms with Gasteiger partial charge < -0.3 is 14.3 Å². The molecule has 0 spiro atoms. The van der Waals surface area contributed by atoms with Gasteiger partial charge in [-0.15, -0.1) is 0 Å². The number of hydrogen-bond acceptors (Lipinski definition) is 4. The molecule has 2 fully saturated rings. The van der Waals surface area contributed by atoms with Crippen molar-refractivity contribution >= 4 is 11.8 Å². The Morgan fingerprint density at radius 1 is 1.16 bits per heavy atom.